The van der Waals surface area contributed by atoms with Crippen LogP contribution in [0.15, 0.2) is 0 Å². The topological polar surface area (TPSA) is 33.3 Å². The highest BCUT2D eigenvalue weighted by atomic mass is 16.4. The lowest BCUT2D eigenvalue weighted by atomic mass is 10.1. The Bertz CT molecular complexity index is 94.4. The summed E-state index contributed by atoms with van der Waals surface area (Å²) in [6.45, 7) is 2.31. The molecule has 1 atom stereocenters. The normalized spacial score (nSPS) is 26.1. The summed E-state index contributed by atoms with van der Waals surface area (Å²) in [5.41, 5.74) is 0. The van der Waals surface area contributed by atoms with Gasteiger partial charge in [-0.25, -0.2) is 0 Å². The maximum atomic E-state index is 4.95. The lowest BCUT2D eigenvalue weighted by molar-refractivity contribution is 0.413. The molecule has 1 fully saturated rings. The van der Waals surface area contributed by atoms with Gasteiger partial charge in [0.2, 0.25) is 0 Å². The van der Waals surface area contributed by atoms with Crippen LogP contribution in [0, 0.1) is 0 Å². The van der Waals surface area contributed by atoms with Gasteiger partial charge in [0.1, 0.15) is 0 Å². The summed E-state index contributed by atoms with van der Waals surface area (Å²) in [6.07, 6.45) is 3.78. The number of rotatable bonds is 3. The van der Waals surface area contributed by atoms with Crippen LogP contribution in [0.3, 0.4) is 0 Å². The molecule has 1 rings (SSSR count). The molecular formula is C7H17BN2O. The zero-order chi connectivity index (χ0) is 7.94. The van der Waals surface area contributed by atoms with Gasteiger partial charge in [-0.2, -0.15) is 0 Å². The van der Waals surface area contributed by atoms with Crippen LogP contribution in [0.5, 0.6) is 0 Å². The molecule has 0 spiro atoms. The SMILES string of the molecule is COBN[C@H]1CCCNCC1. The number of hydrogen-bond donors (Lipinski definition) is 2. The fourth-order valence-electron chi connectivity index (χ4n) is 1.42. The van der Waals surface area contributed by atoms with Crippen LogP contribution in [0.25, 0.3) is 0 Å². The summed E-state index contributed by atoms with van der Waals surface area (Å²) < 4.78 is 4.95. The Labute approximate surface area is 69.2 Å². The van der Waals surface area contributed by atoms with Crippen molar-refractivity contribution in [2.45, 2.75) is 25.3 Å². The summed E-state index contributed by atoms with van der Waals surface area (Å²) in [5.74, 6) is 0. The Kier molecular flexibility index (Phi) is 4.58. The monoisotopic (exact) mass is 156 g/mol. The van der Waals surface area contributed by atoms with Crippen molar-refractivity contribution in [2.75, 3.05) is 20.2 Å². The first-order valence-electron chi connectivity index (χ1n) is 4.36. The molecule has 3 nitrogen and oxygen atoms in total. The highest BCUT2D eigenvalue weighted by Gasteiger charge is 2.10. The van der Waals surface area contributed by atoms with Crippen molar-refractivity contribution < 1.29 is 4.65 Å². The minimum Gasteiger partial charge on any atom is -0.427 e. The highest BCUT2D eigenvalue weighted by molar-refractivity contribution is 6.23. The second-order valence-electron chi connectivity index (χ2n) is 3.01. The maximum absolute atomic E-state index is 4.95. The molecule has 0 saturated carbocycles. The fraction of sp³-hybridized carbons (Fsp3) is 1.00. The van der Waals surface area contributed by atoms with Gasteiger partial charge in [0.25, 0.3) is 0 Å². The van der Waals surface area contributed by atoms with E-state index in [0.717, 1.165) is 6.54 Å². The molecule has 0 bridgehead atoms. The van der Waals surface area contributed by atoms with E-state index in [1.807, 2.05) is 0 Å². The summed E-state index contributed by atoms with van der Waals surface area (Å²) in [6, 6.07) is 0.657. The fourth-order valence-corrected chi connectivity index (χ4v) is 1.42. The molecule has 11 heavy (non-hydrogen) atoms. The van der Waals surface area contributed by atoms with Crippen LogP contribution in [-0.2, 0) is 4.65 Å². The van der Waals surface area contributed by atoms with Crippen molar-refractivity contribution in [2.24, 2.45) is 0 Å². The van der Waals surface area contributed by atoms with E-state index in [0.29, 0.717) is 13.7 Å². The average Bonchev–Trinajstić information content (AvgIpc) is 2.28. The third-order valence-electron chi connectivity index (χ3n) is 2.09. The average molecular weight is 156 g/mol. The molecule has 2 N–H and O–H groups in total. The predicted octanol–water partition coefficient (Wildman–Crippen LogP) is -0.369. The van der Waals surface area contributed by atoms with Gasteiger partial charge < -0.3 is 15.2 Å². The van der Waals surface area contributed by atoms with Gasteiger partial charge in [-0.3, -0.25) is 0 Å². The summed E-state index contributed by atoms with van der Waals surface area (Å²) >= 11 is 0. The van der Waals surface area contributed by atoms with Crippen molar-refractivity contribution in [3.05, 3.63) is 0 Å². The molecule has 0 amide bonds. The van der Waals surface area contributed by atoms with E-state index in [2.05, 4.69) is 10.5 Å². The van der Waals surface area contributed by atoms with Crippen LogP contribution >= 0.6 is 0 Å². The van der Waals surface area contributed by atoms with Crippen molar-refractivity contribution in [1.82, 2.24) is 10.5 Å². The smallest absolute Gasteiger partial charge is 0.360 e. The Balaban J connectivity index is 2.09. The molecule has 0 unspecified atom stereocenters. The molecule has 1 heterocycles. The molecule has 0 aromatic carbocycles. The van der Waals surface area contributed by atoms with Crippen LogP contribution in [0.2, 0.25) is 0 Å². The molecule has 64 valence electrons. The van der Waals surface area contributed by atoms with Crippen molar-refractivity contribution in [3.63, 3.8) is 0 Å². The lowest BCUT2D eigenvalue weighted by Crippen LogP contribution is -2.33. The van der Waals surface area contributed by atoms with E-state index in [-0.39, 0.29) is 0 Å². The van der Waals surface area contributed by atoms with E-state index < -0.39 is 0 Å². The molecule has 0 radical (unpaired) electrons. The van der Waals surface area contributed by atoms with Crippen LogP contribution in [-0.4, -0.2) is 33.9 Å². The van der Waals surface area contributed by atoms with Gasteiger partial charge in [0.15, 0.2) is 0 Å². The molecule has 1 aliphatic heterocycles. The van der Waals surface area contributed by atoms with E-state index in [1.54, 1.807) is 7.11 Å². The second kappa shape index (κ2) is 5.58. The molecule has 4 heteroatoms. The van der Waals surface area contributed by atoms with Crippen LogP contribution < -0.4 is 10.5 Å². The van der Waals surface area contributed by atoms with Gasteiger partial charge in [-0.1, -0.05) is 0 Å². The third-order valence-corrected chi connectivity index (χ3v) is 2.09. The van der Waals surface area contributed by atoms with Gasteiger partial charge in [0.05, 0.1) is 0 Å². The molecule has 1 saturated heterocycles. The van der Waals surface area contributed by atoms with Crippen LogP contribution in [0.4, 0.5) is 0 Å². The van der Waals surface area contributed by atoms with E-state index >= 15 is 0 Å². The second-order valence-corrected chi connectivity index (χ2v) is 3.01. The minimum atomic E-state index is 0.657. The molecule has 0 aliphatic carbocycles. The van der Waals surface area contributed by atoms with E-state index in [1.165, 1.54) is 25.8 Å². The number of nitrogens with one attached hydrogen (secondary N) is 2. The Hall–Kier alpha value is -0.0551. The molecule has 0 aromatic heterocycles. The molecule has 0 aromatic rings. The quantitative estimate of drug-likeness (QED) is 0.547. The zero-order valence-corrected chi connectivity index (χ0v) is 7.23. The zero-order valence-electron chi connectivity index (χ0n) is 7.23. The first kappa shape index (κ1) is 9.04. The van der Waals surface area contributed by atoms with Crippen molar-refractivity contribution >= 4 is 7.62 Å². The van der Waals surface area contributed by atoms with Gasteiger partial charge in [0, 0.05) is 7.11 Å². The van der Waals surface area contributed by atoms with Crippen LogP contribution in [0.1, 0.15) is 19.3 Å². The molecular weight excluding hydrogens is 139 g/mol. The number of hydrogen-bond acceptors (Lipinski definition) is 3. The Morgan fingerprint density at radius 1 is 1.45 bits per heavy atom. The molecule has 1 aliphatic rings. The lowest BCUT2D eigenvalue weighted by Gasteiger charge is -2.13. The van der Waals surface area contributed by atoms with Gasteiger partial charge in [-0.05, 0) is 38.4 Å². The summed E-state index contributed by atoms with van der Waals surface area (Å²) in [5, 5.41) is 6.72. The van der Waals surface area contributed by atoms with E-state index in [4.69, 9.17) is 4.65 Å². The maximum Gasteiger partial charge on any atom is 0.360 e. The largest absolute Gasteiger partial charge is 0.427 e. The summed E-state index contributed by atoms with van der Waals surface area (Å²) in [4.78, 5) is 0. The Morgan fingerprint density at radius 2 is 2.36 bits per heavy atom. The van der Waals surface area contributed by atoms with Crippen molar-refractivity contribution in [1.29, 1.82) is 0 Å². The highest BCUT2D eigenvalue weighted by Crippen LogP contribution is 2.03. The van der Waals surface area contributed by atoms with Gasteiger partial charge in [-0.15, -0.1) is 0 Å². The van der Waals surface area contributed by atoms with Crippen molar-refractivity contribution in [3.8, 4) is 0 Å². The standard InChI is InChI=1S/C7H17BN2O/c1-11-8-10-7-3-2-5-9-6-4-7/h7-10H,2-6H2,1H3/t7-/m0/s1. The Morgan fingerprint density at radius 3 is 3.18 bits per heavy atom. The first-order chi connectivity index (χ1) is 5.43. The predicted molar refractivity (Wildman–Crippen MR) is 47.8 cm³/mol. The minimum absolute atomic E-state index is 0.657. The van der Waals surface area contributed by atoms with Gasteiger partial charge >= 0.3 is 7.62 Å². The third kappa shape index (κ3) is 3.75. The first-order valence-corrected chi connectivity index (χ1v) is 4.36. The van der Waals surface area contributed by atoms with E-state index in [9.17, 15) is 0 Å². The summed E-state index contributed by atoms with van der Waals surface area (Å²) in [7, 11) is 2.41.